The van der Waals surface area contributed by atoms with Gasteiger partial charge in [-0.15, -0.1) is 16.4 Å². The van der Waals surface area contributed by atoms with Crippen LogP contribution in [-0.2, 0) is 0 Å². The van der Waals surface area contributed by atoms with Crippen LogP contribution in [0.4, 0.5) is 0 Å². The molecule has 0 unspecified atom stereocenters. The largest absolute Gasteiger partial charge is 0.494 e. The fourth-order valence-corrected chi connectivity index (χ4v) is 4.40. The van der Waals surface area contributed by atoms with Gasteiger partial charge in [0.15, 0.2) is 0 Å². The minimum absolute atomic E-state index is 0.0572. The monoisotopic (exact) mass is 414 g/mol. The Morgan fingerprint density at radius 2 is 1.86 bits per heavy atom. The second-order valence-corrected chi connectivity index (χ2v) is 8.27. The Balaban J connectivity index is 1.55. The van der Waals surface area contributed by atoms with Crippen LogP contribution in [0.1, 0.15) is 43.2 Å². The van der Waals surface area contributed by atoms with Crippen LogP contribution in [-0.4, -0.2) is 47.8 Å². The molecule has 3 rings (SSSR count). The van der Waals surface area contributed by atoms with Crippen molar-refractivity contribution >= 4 is 23.0 Å². The van der Waals surface area contributed by atoms with E-state index in [2.05, 4.69) is 20.1 Å². The van der Waals surface area contributed by atoms with Crippen LogP contribution in [0.15, 0.2) is 34.5 Å². The lowest BCUT2D eigenvalue weighted by atomic mass is 10.1. The predicted octanol–water partition coefficient (Wildman–Crippen LogP) is 3.37. The molecule has 2 heterocycles. The Morgan fingerprint density at radius 3 is 2.55 bits per heavy atom. The van der Waals surface area contributed by atoms with Crippen LogP contribution < -0.4 is 16.2 Å². The number of nitrogens with zero attached hydrogens (tertiary/aromatic N) is 4. The fourth-order valence-electron chi connectivity index (χ4n) is 3.39. The van der Waals surface area contributed by atoms with E-state index in [4.69, 9.17) is 16.2 Å². The van der Waals surface area contributed by atoms with Gasteiger partial charge in [-0.3, -0.25) is 0 Å². The molecule has 7 nitrogen and oxygen atoms in total. The van der Waals surface area contributed by atoms with Gasteiger partial charge in [0.2, 0.25) is 5.96 Å². The van der Waals surface area contributed by atoms with E-state index in [1.165, 1.54) is 32.4 Å². The van der Waals surface area contributed by atoms with Gasteiger partial charge in [-0.25, -0.2) is 4.98 Å². The molecule has 156 valence electrons. The number of thiazole rings is 1. The van der Waals surface area contributed by atoms with E-state index in [0.717, 1.165) is 52.2 Å². The molecule has 0 saturated carbocycles. The zero-order valence-electron chi connectivity index (χ0n) is 17.2. The Kier molecular flexibility index (Phi) is 7.60. The van der Waals surface area contributed by atoms with E-state index < -0.39 is 0 Å². The third-order valence-electron chi connectivity index (χ3n) is 4.88. The first-order chi connectivity index (χ1) is 14.0. The van der Waals surface area contributed by atoms with Gasteiger partial charge in [-0.05, 0) is 70.5 Å². The van der Waals surface area contributed by atoms with Gasteiger partial charge in [-0.2, -0.15) is 5.10 Å². The molecule has 1 aromatic carbocycles. The van der Waals surface area contributed by atoms with Crippen molar-refractivity contribution in [1.82, 2.24) is 9.88 Å². The summed E-state index contributed by atoms with van der Waals surface area (Å²) >= 11 is 1.58. The highest BCUT2D eigenvalue weighted by molar-refractivity contribution is 7.17. The first-order valence-corrected chi connectivity index (χ1v) is 10.9. The summed E-state index contributed by atoms with van der Waals surface area (Å²) in [5.74, 6) is 0.838. The third kappa shape index (κ3) is 6.27. The normalized spacial score (nSPS) is 15.3. The summed E-state index contributed by atoms with van der Waals surface area (Å²) < 4.78 is 5.91. The summed E-state index contributed by atoms with van der Waals surface area (Å²) in [6, 6.07) is 8.11. The molecule has 1 aliphatic heterocycles. The van der Waals surface area contributed by atoms with E-state index in [9.17, 15) is 0 Å². The fraction of sp³-hybridized carbons (Fsp3) is 0.476. The van der Waals surface area contributed by atoms with Crippen LogP contribution in [0.2, 0.25) is 0 Å². The van der Waals surface area contributed by atoms with Crippen LogP contribution in [0, 0.1) is 6.92 Å². The molecule has 1 aromatic heterocycles. The van der Waals surface area contributed by atoms with Crippen LogP contribution in [0.5, 0.6) is 5.75 Å². The van der Waals surface area contributed by atoms with E-state index in [1.807, 2.05) is 38.1 Å². The van der Waals surface area contributed by atoms with Gasteiger partial charge in [0.25, 0.3) is 0 Å². The highest BCUT2D eigenvalue weighted by atomic mass is 32.1. The number of ether oxygens (including phenoxy) is 1. The average molecular weight is 415 g/mol. The topological polar surface area (TPSA) is 102 Å². The van der Waals surface area contributed by atoms with Gasteiger partial charge in [0.1, 0.15) is 10.8 Å². The maximum Gasteiger partial charge on any atom is 0.211 e. The molecule has 1 fully saturated rings. The van der Waals surface area contributed by atoms with Crippen molar-refractivity contribution in [2.24, 2.45) is 21.7 Å². The highest BCUT2D eigenvalue weighted by Gasteiger charge is 2.12. The van der Waals surface area contributed by atoms with E-state index >= 15 is 0 Å². The Bertz CT molecular complexity index is 849. The molecule has 0 amide bonds. The number of hydrogen-bond acceptors (Lipinski definition) is 6. The molecule has 8 heteroatoms. The van der Waals surface area contributed by atoms with Crippen LogP contribution in [0.3, 0.4) is 0 Å². The smallest absolute Gasteiger partial charge is 0.211 e. The lowest BCUT2D eigenvalue weighted by Gasteiger charge is -2.26. The standard InChI is InChI=1S/C21H30N6OS/c1-15-19(16(2)25-26-21(22)23)29-20(24-15)17-7-9-18(10-8-17)28-14-6-13-27-11-4-3-5-12-27/h7-10H,3-6,11-14H2,1-2H3,(H4,22,23,26)/b25-16+. The van der Waals surface area contributed by atoms with Gasteiger partial charge in [0.05, 0.1) is 22.9 Å². The van der Waals surface area contributed by atoms with E-state index in [1.54, 1.807) is 11.3 Å². The number of rotatable bonds is 8. The van der Waals surface area contributed by atoms with Gasteiger partial charge >= 0.3 is 0 Å². The quantitative estimate of drug-likeness (QED) is 0.298. The zero-order valence-corrected chi connectivity index (χ0v) is 18.0. The zero-order chi connectivity index (χ0) is 20.6. The molecule has 0 radical (unpaired) electrons. The molecular formula is C21H30N6OS. The predicted molar refractivity (Wildman–Crippen MR) is 121 cm³/mol. The van der Waals surface area contributed by atoms with Crippen molar-refractivity contribution in [1.29, 1.82) is 0 Å². The number of hydrogen-bond donors (Lipinski definition) is 2. The van der Waals surface area contributed by atoms with E-state index in [-0.39, 0.29) is 5.96 Å². The number of aromatic nitrogens is 1. The minimum atomic E-state index is -0.0572. The first kappa shape index (κ1) is 21.3. The maximum atomic E-state index is 5.91. The first-order valence-electron chi connectivity index (χ1n) is 10.1. The summed E-state index contributed by atoms with van der Waals surface area (Å²) in [6.07, 6.45) is 5.10. The molecular weight excluding hydrogens is 384 g/mol. The molecule has 1 saturated heterocycles. The number of nitrogens with two attached hydrogens (primary N) is 2. The van der Waals surface area contributed by atoms with Crippen molar-refractivity contribution in [2.75, 3.05) is 26.2 Å². The van der Waals surface area contributed by atoms with Gasteiger partial charge < -0.3 is 21.1 Å². The second-order valence-electron chi connectivity index (χ2n) is 7.27. The third-order valence-corrected chi connectivity index (χ3v) is 6.19. The van der Waals surface area contributed by atoms with Crippen LogP contribution in [0.25, 0.3) is 10.6 Å². The number of guanidine groups is 1. The lowest BCUT2D eigenvalue weighted by molar-refractivity contribution is 0.205. The number of likely N-dealkylation sites (tertiary alicyclic amines) is 1. The molecule has 0 atom stereocenters. The molecule has 0 spiro atoms. The molecule has 4 N–H and O–H groups in total. The van der Waals surface area contributed by atoms with Crippen molar-refractivity contribution < 1.29 is 4.74 Å². The molecule has 2 aromatic rings. The van der Waals surface area contributed by atoms with Crippen molar-refractivity contribution in [2.45, 2.75) is 39.5 Å². The molecule has 0 aliphatic carbocycles. The minimum Gasteiger partial charge on any atom is -0.494 e. The number of benzene rings is 1. The van der Waals surface area contributed by atoms with Crippen molar-refractivity contribution in [3.8, 4) is 16.3 Å². The Labute approximate surface area is 176 Å². The Hall–Kier alpha value is -2.45. The van der Waals surface area contributed by atoms with Crippen molar-refractivity contribution in [3.63, 3.8) is 0 Å². The molecule has 29 heavy (non-hydrogen) atoms. The summed E-state index contributed by atoms with van der Waals surface area (Å²) in [4.78, 5) is 8.18. The summed E-state index contributed by atoms with van der Waals surface area (Å²) in [5, 5.41) is 8.71. The summed E-state index contributed by atoms with van der Waals surface area (Å²) in [6.45, 7) is 8.18. The van der Waals surface area contributed by atoms with Gasteiger partial charge in [0, 0.05) is 12.1 Å². The maximum absolute atomic E-state index is 5.91. The average Bonchev–Trinajstić information content (AvgIpc) is 3.12. The molecule has 0 bridgehead atoms. The summed E-state index contributed by atoms with van der Waals surface area (Å²) in [5.41, 5.74) is 13.4. The second kappa shape index (κ2) is 10.4. The number of piperidine rings is 1. The highest BCUT2D eigenvalue weighted by Crippen LogP contribution is 2.29. The SMILES string of the molecule is C/C(=N\N=C(N)N)c1sc(-c2ccc(OCCCN3CCCCC3)cc2)nc1C. The Morgan fingerprint density at radius 1 is 1.14 bits per heavy atom. The van der Waals surface area contributed by atoms with Crippen LogP contribution >= 0.6 is 11.3 Å². The van der Waals surface area contributed by atoms with E-state index in [0.29, 0.717) is 0 Å². The lowest BCUT2D eigenvalue weighted by Crippen LogP contribution is -2.31. The van der Waals surface area contributed by atoms with Gasteiger partial charge in [-0.1, -0.05) is 6.42 Å². The molecule has 1 aliphatic rings. The number of aryl methyl sites for hydroxylation is 1. The van der Waals surface area contributed by atoms with Crippen molar-refractivity contribution in [3.05, 3.63) is 34.8 Å². The summed E-state index contributed by atoms with van der Waals surface area (Å²) in [7, 11) is 0.